The number of carbonyl (C=O) groups is 2. The highest BCUT2D eigenvalue weighted by atomic mass is 16.4. The minimum Gasteiger partial charge on any atom is -0.480 e. The standard InChI is InChI=1S/C17H14N2O4/c18-15(20)14(17(21)22)16-19-12-9-11(6-7-13(12)23-16)8-10-4-2-1-3-5-10/h1-7,9,14H,8H2,(H2,18,20)(H,21,22). The van der Waals surface area contributed by atoms with E-state index in [2.05, 4.69) is 4.98 Å². The maximum atomic E-state index is 11.3. The molecule has 1 atom stereocenters. The summed E-state index contributed by atoms with van der Waals surface area (Å²) in [6, 6.07) is 15.3. The fourth-order valence-electron chi connectivity index (χ4n) is 2.40. The zero-order chi connectivity index (χ0) is 16.4. The Bertz CT molecular complexity index is 857. The van der Waals surface area contributed by atoms with E-state index < -0.39 is 17.8 Å². The molecule has 3 rings (SSSR count). The van der Waals surface area contributed by atoms with E-state index in [4.69, 9.17) is 15.3 Å². The number of benzene rings is 2. The van der Waals surface area contributed by atoms with E-state index in [1.807, 2.05) is 42.5 Å². The number of hydrogen-bond donors (Lipinski definition) is 2. The highest BCUT2D eigenvalue weighted by Crippen LogP contribution is 2.23. The molecule has 23 heavy (non-hydrogen) atoms. The molecule has 3 aromatic rings. The van der Waals surface area contributed by atoms with Gasteiger partial charge in [0, 0.05) is 0 Å². The third-order valence-corrected chi connectivity index (χ3v) is 3.50. The van der Waals surface area contributed by atoms with Crippen molar-refractivity contribution in [3.8, 4) is 0 Å². The highest BCUT2D eigenvalue weighted by Gasteiger charge is 2.31. The Labute approximate surface area is 131 Å². The van der Waals surface area contributed by atoms with Gasteiger partial charge in [0.1, 0.15) is 5.52 Å². The van der Waals surface area contributed by atoms with E-state index in [0.29, 0.717) is 11.1 Å². The van der Waals surface area contributed by atoms with Crippen LogP contribution in [0.5, 0.6) is 0 Å². The van der Waals surface area contributed by atoms with Crippen molar-refractivity contribution in [3.63, 3.8) is 0 Å². The number of fused-ring (bicyclic) bond motifs is 1. The summed E-state index contributed by atoms with van der Waals surface area (Å²) in [6.45, 7) is 0. The molecule has 1 unspecified atom stereocenters. The van der Waals surface area contributed by atoms with E-state index in [1.165, 1.54) is 0 Å². The van der Waals surface area contributed by atoms with Gasteiger partial charge in [0.2, 0.25) is 17.7 Å². The first kappa shape index (κ1) is 14.8. The number of amides is 1. The van der Waals surface area contributed by atoms with Crippen molar-refractivity contribution in [2.75, 3.05) is 0 Å². The number of primary amides is 1. The number of aliphatic carboxylic acids is 1. The molecule has 0 saturated heterocycles. The molecule has 116 valence electrons. The van der Waals surface area contributed by atoms with Crippen molar-refractivity contribution in [2.24, 2.45) is 5.73 Å². The van der Waals surface area contributed by atoms with E-state index in [9.17, 15) is 9.59 Å². The van der Waals surface area contributed by atoms with E-state index in [-0.39, 0.29) is 5.89 Å². The van der Waals surface area contributed by atoms with Gasteiger partial charge >= 0.3 is 5.97 Å². The Morgan fingerprint density at radius 2 is 1.87 bits per heavy atom. The smallest absolute Gasteiger partial charge is 0.325 e. The Balaban J connectivity index is 1.94. The van der Waals surface area contributed by atoms with Gasteiger partial charge in [-0.1, -0.05) is 36.4 Å². The molecular weight excluding hydrogens is 296 g/mol. The Kier molecular flexibility index (Phi) is 3.80. The Morgan fingerprint density at radius 3 is 2.52 bits per heavy atom. The molecule has 0 aliphatic heterocycles. The zero-order valence-corrected chi connectivity index (χ0v) is 12.1. The van der Waals surface area contributed by atoms with Crippen molar-refractivity contribution in [1.82, 2.24) is 4.98 Å². The van der Waals surface area contributed by atoms with Crippen LogP contribution in [0.1, 0.15) is 22.9 Å². The zero-order valence-electron chi connectivity index (χ0n) is 12.1. The molecular formula is C17H14N2O4. The average Bonchev–Trinajstić information content (AvgIpc) is 2.89. The van der Waals surface area contributed by atoms with Crippen LogP contribution >= 0.6 is 0 Å². The summed E-state index contributed by atoms with van der Waals surface area (Å²) in [5.74, 6) is -4.17. The van der Waals surface area contributed by atoms with E-state index in [1.54, 1.807) is 6.07 Å². The van der Waals surface area contributed by atoms with Gasteiger partial charge in [-0.05, 0) is 29.7 Å². The Hall–Kier alpha value is -3.15. The Morgan fingerprint density at radius 1 is 1.13 bits per heavy atom. The molecule has 6 heteroatoms. The number of nitrogens with zero attached hydrogens (tertiary/aromatic N) is 1. The van der Waals surface area contributed by atoms with E-state index >= 15 is 0 Å². The van der Waals surface area contributed by atoms with Crippen LogP contribution in [0.2, 0.25) is 0 Å². The predicted octanol–water partition coefficient (Wildman–Crippen LogP) is 2.07. The number of carboxylic acid groups (broad SMARTS) is 1. The highest BCUT2D eigenvalue weighted by molar-refractivity contribution is 6.01. The van der Waals surface area contributed by atoms with Crippen molar-refractivity contribution in [2.45, 2.75) is 12.3 Å². The van der Waals surface area contributed by atoms with Crippen LogP contribution in [-0.2, 0) is 16.0 Å². The maximum Gasteiger partial charge on any atom is 0.325 e. The maximum absolute atomic E-state index is 11.3. The lowest BCUT2D eigenvalue weighted by molar-refractivity contribution is -0.142. The van der Waals surface area contributed by atoms with E-state index in [0.717, 1.165) is 17.5 Å². The molecule has 0 bridgehead atoms. The normalized spacial score (nSPS) is 12.2. The fourth-order valence-corrected chi connectivity index (χ4v) is 2.40. The molecule has 6 nitrogen and oxygen atoms in total. The first-order valence-corrected chi connectivity index (χ1v) is 7.00. The summed E-state index contributed by atoms with van der Waals surface area (Å²) in [5.41, 5.74) is 8.18. The summed E-state index contributed by atoms with van der Waals surface area (Å²) in [5, 5.41) is 9.07. The first-order chi connectivity index (χ1) is 11.0. The van der Waals surface area contributed by atoms with Crippen LogP contribution in [0.4, 0.5) is 0 Å². The number of nitrogens with two attached hydrogens (primary N) is 1. The number of aromatic nitrogens is 1. The van der Waals surface area contributed by atoms with Gasteiger partial charge in [-0.3, -0.25) is 9.59 Å². The summed E-state index contributed by atoms with van der Waals surface area (Å²) in [7, 11) is 0. The van der Waals surface area contributed by atoms with Gasteiger partial charge in [0.05, 0.1) is 0 Å². The van der Waals surface area contributed by atoms with Gasteiger partial charge in [-0.15, -0.1) is 0 Å². The van der Waals surface area contributed by atoms with Gasteiger partial charge in [0.25, 0.3) is 0 Å². The third-order valence-electron chi connectivity index (χ3n) is 3.50. The fraction of sp³-hybridized carbons (Fsp3) is 0.118. The second-order valence-corrected chi connectivity index (χ2v) is 5.19. The summed E-state index contributed by atoms with van der Waals surface area (Å²) >= 11 is 0. The van der Waals surface area contributed by atoms with Crippen molar-refractivity contribution >= 4 is 23.0 Å². The quantitative estimate of drug-likeness (QED) is 0.702. The molecule has 1 heterocycles. The summed E-state index contributed by atoms with van der Waals surface area (Å²) in [6.07, 6.45) is 0.719. The molecule has 2 aromatic carbocycles. The number of hydrogen-bond acceptors (Lipinski definition) is 4. The van der Waals surface area contributed by atoms with Crippen LogP contribution in [0, 0.1) is 0 Å². The molecule has 3 N–H and O–H groups in total. The monoisotopic (exact) mass is 310 g/mol. The molecule has 0 aliphatic carbocycles. The first-order valence-electron chi connectivity index (χ1n) is 7.00. The summed E-state index contributed by atoms with van der Waals surface area (Å²) < 4.78 is 5.37. The minimum atomic E-state index is -1.58. The number of carboxylic acids is 1. The second-order valence-electron chi connectivity index (χ2n) is 5.19. The second kappa shape index (κ2) is 5.92. The van der Waals surface area contributed by atoms with Crippen LogP contribution in [-0.4, -0.2) is 22.0 Å². The van der Waals surface area contributed by atoms with Crippen molar-refractivity contribution in [1.29, 1.82) is 0 Å². The molecule has 0 aliphatic rings. The van der Waals surface area contributed by atoms with Crippen LogP contribution in [0.25, 0.3) is 11.1 Å². The lowest BCUT2D eigenvalue weighted by Gasteiger charge is -2.01. The topological polar surface area (TPSA) is 106 Å². The molecule has 1 amide bonds. The van der Waals surface area contributed by atoms with Crippen molar-refractivity contribution < 1.29 is 19.1 Å². The van der Waals surface area contributed by atoms with Gasteiger partial charge in [-0.25, -0.2) is 4.98 Å². The number of oxazole rings is 1. The third kappa shape index (κ3) is 3.06. The predicted molar refractivity (Wildman–Crippen MR) is 82.8 cm³/mol. The molecule has 0 fully saturated rings. The summed E-state index contributed by atoms with van der Waals surface area (Å²) in [4.78, 5) is 26.5. The molecule has 0 radical (unpaired) electrons. The van der Waals surface area contributed by atoms with Gasteiger partial charge in [-0.2, -0.15) is 0 Å². The molecule has 0 spiro atoms. The van der Waals surface area contributed by atoms with Crippen LogP contribution < -0.4 is 5.73 Å². The SMILES string of the molecule is NC(=O)C(C(=O)O)c1nc2cc(Cc3ccccc3)ccc2o1. The van der Waals surface area contributed by atoms with Crippen LogP contribution in [0.3, 0.4) is 0 Å². The van der Waals surface area contributed by atoms with Gasteiger partial charge < -0.3 is 15.3 Å². The molecule has 1 aromatic heterocycles. The van der Waals surface area contributed by atoms with Gasteiger partial charge in [0.15, 0.2) is 5.58 Å². The lowest BCUT2D eigenvalue weighted by atomic mass is 10.0. The largest absolute Gasteiger partial charge is 0.480 e. The average molecular weight is 310 g/mol. The van der Waals surface area contributed by atoms with Crippen molar-refractivity contribution in [3.05, 3.63) is 65.5 Å². The number of rotatable bonds is 5. The molecule has 0 saturated carbocycles. The van der Waals surface area contributed by atoms with Crippen LogP contribution in [0.15, 0.2) is 52.9 Å². The minimum absolute atomic E-state index is 0.197. The lowest BCUT2D eigenvalue weighted by Crippen LogP contribution is -2.28. The number of carbonyl (C=O) groups excluding carboxylic acids is 1.